The Balaban J connectivity index is 1.79. The van der Waals surface area contributed by atoms with Gasteiger partial charge in [0.05, 0.1) is 10.9 Å². The number of hydrogen-bond donors (Lipinski definition) is 1. The van der Waals surface area contributed by atoms with Gasteiger partial charge in [-0.2, -0.15) is 4.31 Å². The van der Waals surface area contributed by atoms with Crippen LogP contribution in [0.25, 0.3) is 0 Å². The first kappa shape index (κ1) is 19.6. The van der Waals surface area contributed by atoms with Crippen LogP contribution >= 0.6 is 0 Å². The molecule has 0 aliphatic carbocycles. The predicted molar refractivity (Wildman–Crippen MR) is 106 cm³/mol. The van der Waals surface area contributed by atoms with Gasteiger partial charge in [0.15, 0.2) is 0 Å². The minimum atomic E-state index is -3.53. The van der Waals surface area contributed by atoms with Crippen molar-refractivity contribution in [1.82, 2.24) is 9.62 Å². The first-order valence-electron chi connectivity index (χ1n) is 9.39. The number of sulfonamides is 1. The van der Waals surface area contributed by atoms with Gasteiger partial charge in [-0.3, -0.25) is 4.79 Å². The largest absolute Gasteiger partial charge is 0.345 e. The number of carbonyl (C=O) groups is 1. The van der Waals surface area contributed by atoms with E-state index >= 15 is 0 Å². The van der Waals surface area contributed by atoms with Gasteiger partial charge in [-0.05, 0) is 49.9 Å². The zero-order chi connectivity index (χ0) is 19.4. The molecular weight excluding hydrogens is 360 g/mol. The van der Waals surface area contributed by atoms with Crippen LogP contribution < -0.4 is 5.32 Å². The Labute approximate surface area is 161 Å². The fraction of sp³-hybridized carbons (Fsp3) is 0.381. The zero-order valence-electron chi connectivity index (χ0n) is 15.8. The highest BCUT2D eigenvalue weighted by molar-refractivity contribution is 7.89. The van der Waals surface area contributed by atoms with Crippen LogP contribution in [0.4, 0.5) is 0 Å². The molecule has 5 nitrogen and oxygen atoms in total. The van der Waals surface area contributed by atoms with Gasteiger partial charge >= 0.3 is 0 Å². The number of nitrogens with one attached hydrogen (secondary N) is 1. The standard InChI is InChI=1S/C21H26N2O3S/c1-3-20(17-11-9-16(2)10-12-17)22-21(24)18-7-6-8-19(15-18)27(25,26)23-13-4-5-14-23/h6-12,15,20H,3-5,13-14H2,1-2H3,(H,22,24)/t20-/m1/s1. The van der Waals surface area contributed by atoms with E-state index in [1.807, 2.05) is 38.1 Å². The third-order valence-electron chi connectivity index (χ3n) is 4.99. The van der Waals surface area contributed by atoms with E-state index in [-0.39, 0.29) is 16.8 Å². The predicted octanol–water partition coefficient (Wildman–Crippen LogP) is 3.66. The average Bonchev–Trinajstić information content (AvgIpc) is 3.22. The fourth-order valence-corrected chi connectivity index (χ4v) is 4.90. The minimum Gasteiger partial charge on any atom is -0.345 e. The molecule has 1 fully saturated rings. The molecule has 6 heteroatoms. The molecule has 1 N–H and O–H groups in total. The lowest BCUT2D eigenvalue weighted by molar-refractivity contribution is 0.0935. The van der Waals surface area contributed by atoms with Crippen molar-refractivity contribution in [3.63, 3.8) is 0 Å². The van der Waals surface area contributed by atoms with E-state index in [1.165, 1.54) is 15.9 Å². The Kier molecular flexibility index (Phi) is 5.97. The molecule has 3 rings (SSSR count). The summed E-state index contributed by atoms with van der Waals surface area (Å²) >= 11 is 0. The van der Waals surface area contributed by atoms with Crippen molar-refractivity contribution < 1.29 is 13.2 Å². The summed E-state index contributed by atoms with van der Waals surface area (Å²) in [4.78, 5) is 12.9. The third-order valence-corrected chi connectivity index (χ3v) is 6.89. The quantitative estimate of drug-likeness (QED) is 0.824. The van der Waals surface area contributed by atoms with Crippen molar-refractivity contribution >= 4 is 15.9 Å². The summed E-state index contributed by atoms with van der Waals surface area (Å²) in [6, 6.07) is 14.3. The van der Waals surface area contributed by atoms with E-state index in [0.29, 0.717) is 18.7 Å². The Morgan fingerprint density at radius 3 is 2.41 bits per heavy atom. The molecule has 0 saturated carbocycles. The summed E-state index contributed by atoms with van der Waals surface area (Å²) in [6.07, 6.45) is 2.52. The molecule has 0 radical (unpaired) electrons. The monoisotopic (exact) mass is 386 g/mol. The molecule has 1 atom stereocenters. The van der Waals surface area contributed by atoms with Gasteiger partial charge in [-0.1, -0.05) is 42.8 Å². The molecular formula is C21H26N2O3S. The summed E-state index contributed by atoms with van der Waals surface area (Å²) in [5.41, 5.74) is 2.57. The second-order valence-electron chi connectivity index (χ2n) is 6.98. The number of carbonyl (C=O) groups excluding carboxylic acids is 1. The van der Waals surface area contributed by atoms with Gasteiger partial charge in [0.1, 0.15) is 0 Å². The van der Waals surface area contributed by atoms with E-state index in [9.17, 15) is 13.2 Å². The van der Waals surface area contributed by atoms with E-state index in [4.69, 9.17) is 0 Å². The molecule has 0 unspecified atom stereocenters. The maximum absolute atomic E-state index is 12.7. The smallest absolute Gasteiger partial charge is 0.251 e. The van der Waals surface area contributed by atoms with Crippen molar-refractivity contribution in [3.05, 3.63) is 65.2 Å². The van der Waals surface area contributed by atoms with E-state index in [0.717, 1.165) is 24.8 Å². The highest BCUT2D eigenvalue weighted by atomic mass is 32.2. The molecule has 1 aliphatic rings. The van der Waals surface area contributed by atoms with E-state index in [2.05, 4.69) is 5.32 Å². The van der Waals surface area contributed by atoms with Crippen LogP contribution in [0.2, 0.25) is 0 Å². The summed E-state index contributed by atoms with van der Waals surface area (Å²) in [6.45, 7) is 5.13. The lowest BCUT2D eigenvalue weighted by Gasteiger charge is -2.19. The maximum Gasteiger partial charge on any atom is 0.251 e. The molecule has 0 spiro atoms. The fourth-order valence-electron chi connectivity index (χ4n) is 3.34. The highest BCUT2D eigenvalue weighted by Crippen LogP contribution is 2.22. The molecule has 144 valence electrons. The van der Waals surface area contributed by atoms with Crippen LogP contribution in [0.5, 0.6) is 0 Å². The van der Waals surface area contributed by atoms with Crippen LogP contribution in [0, 0.1) is 6.92 Å². The topological polar surface area (TPSA) is 66.5 Å². The molecule has 2 aromatic rings. The number of rotatable bonds is 6. The van der Waals surface area contributed by atoms with Gasteiger partial charge < -0.3 is 5.32 Å². The second-order valence-corrected chi connectivity index (χ2v) is 8.92. The van der Waals surface area contributed by atoms with Crippen LogP contribution in [0.15, 0.2) is 53.4 Å². The zero-order valence-corrected chi connectivity index (χ0v) is 16.6. The molecule has 2 aromatic carbocycles. The van der Waals surface area contributed by atoms with Crippen LogP contribution in [0.3, 0.4) is 0 Å². The maximum atomic E-state index is 12.7. The summed E-state index contributed by atoms with van der Waals surface area (Å²) < 4.78 is 27.0. The Bertz CT molecular complexity index is 901. The first-order chi connectivity index (χ1) is 12.9. The minimum absolute atomic E-state index is 0.114. The lowest BCUT2D eigenvalue weighted by Crippen LogP contribution is -2.30. The molecule has 27 heavy (non-hydrogen) atoms. The number of amides is 1. The Hall–Kier alpha value is -2.18. The van der Waals surface area contributed by atoms with Gasteiger partial charge in [0.2, 0.25) is 10.0 Å². The van der Waals surface area contributed by atoms with Crippen molar-refractivity contribution in [2.24, 2.45) is 0 Å². The summed E-state index contributed by atoms with van der Waals surface area (Å²) in [5.74, 6) is -0.263. The van der Waals surface area contributed by atoms with Gasteiger partial charge in [-0.25, -0.2) is 8.42 Å². The highest BCUT2D eigenvalue weighted by Gasteiger charge is 2.27. The molecule has 1 aliphatic heterocycles. The van der Waals surface area contributed by atoms with Crippen LogP contribution in [0.1, 0.15) is 53.7 Å². The van der Waals surface area contributed by atoms with E-state index < -0.39 is 10.0 Å². The number of hydrogen-bond acceptors (Lipinski definition) is 3. The summed E-state index contributed by atoms with van der Waals surface area (Å²) in [7, 11) is -3.53. The van der Waals surface area contributed by atoms with Gasteiger partial charge in [0, 0.05) is 18.7 Å². The average molecular weight is 387 g/mol. The Morgan fingerprint density at radius 2 is 1.78 bits per heavy atom. The van der Waals surface area contributed by atoms with Gasteiger partial charge in [-0.15, -0.1) is 0 Å². The van der Waals surface area contributed by atoms with Crippen molar-refractivity contribution in [1.29, 1.82) is 0 Å². The number of nitrogens with zero attached hydrogens (tertiary/aromatic N) is 1. The molecule has 1 saturated heterocycles. The Morgan fingerprint density at radius 1 is 1.11 bits per heavy atom. The van der Waals surface area contributed by atoms with Gasteiger partial charge in [0.25, 0.3) is 5.91 Å². The number of benzene rings is 2. The molecule has 0 bridgehead atoms. The van der Waals surface area contributed by atoms with Crippen molar-refractivity contribution in [3.8, 4) is 0 Å². The second kappa shape index (κ2) is 8.23. The third kappa shape index (κ3) is 4.39. The normalized spacial score (nSPS) is 16.2. The van der Waals surface area contributed by atoms with Crippen molar-refractivity contribution in [2.75, 3.05) is 13.1 Å². The van der Waals surface area contributed by atoms with E-state index in [1.54, 1.807) is 18.2 Å². The molecule has 1 amide bonds. The van der Waals surface area contributed by atoms with Crippen molar-refractivity contribution in [2.45, 2.75) is 44.0 Å². The molecule has 1 heterocycles. The SMILES string of the molecule is CC[C@@H](NC(=O)c1cccc(S(=O)(=O)N2CCCC2)c1)c1ccc(C)cc1. The first-order valence-corrected chi connectivity index (χ1v) is 10.8. The summed E-state index contributed by atoms with van der Waals surface area (Å²) in [5, 5.41) is 3.02. The van der Waals surface area contributed by atoms with Crippen LogP contribution in [-0.4, -0.2) is 31.7 Å². The molecule has 0 aromatic heterocycles. The number of aryl methyl sites for hydroxylation is 1. The lowest BCUT2D eigenvalue weighted by atomic mass is 10.0. The van der Waals surface area contributed by atoms with Crippen LogP contribution in [-0.2, 0) is 10.0 Å².